The molecule has 0 radical (unpaired) electrons. The minimum Gasteiger partial charge on any atom is -0.338 e. The molecule has 6 nitrogen and oxygen atoms in total. The van der Waals surface area contributed by atoms with E-state index in [1.807, 2.05) is 41.1 Å². The van der Waals surface area contributed by atoms with Gasteiger partial charge in [0.25, 0.3) is 5.69 Å². The normalized spacial score (nSPS) is 10.5. The van der Waals surface area contributed by atoms with Crippen LogP contribution in [0.4, 0.5) is 11.4 Å². The SMILES string of the molecule is O=C(Cn1ccc2ccccc21)Nc1cccc([N+](=O)[O-])c1. The second-order valence-electron chi connectivity index (χ2n) is 4.86. The molecule has 1 heterocycles. The van der Waals surface area contributed by atoms with Crippen LogP contribution in [0.25, 0.3) is 10.9 Å². The highest BCUT2D eigenvalue weighted by Gasteiger charge is 2.09. The molecule has 22 heavy (non-hydrogen) atoms. The number of hydrogen-bond acceptors (Lipinski definition) is 3. The molecule has 0 aliphatic heterocycles. The number of non-ortho nitro benzene ring substituents is 1. The number of nitro groups is 1. The van der Waals surface area contributed by atoms with E-state index in [4.69, 9.17) is 0 Å². The zero-order chi connectivity index (χ0) is 15.5. The van der Waals surface area contributed by atoms with E-state index >= 15 is 0 Å². The lowest BCUT2D eigenvalue weighted by molar-refractivity contribution is -0.384. The first kappa shape index (κ1) is 13.8. The van der Waals surface area contributed by atoms with E-state index in [1.165, 1.54) is 12.1 Å². The average Bonchev–Trinajstić information content (AvgIpc) is 2.91. The van der Waals surface area contributed by atoms with Crippen LogP contribution in [0.5, 0.6) is 0 Å². The molecule has 110 valence electrons. The monoisotopic (exact) mass is 295 g/mol. The first-order valence-electron chi connectivity index (χ1n) is 6.72. The van der Waals surface area contributed by atoms with E-state index in [-0.39, 0.29) is 18.1 Å². The van der Waals surface area contributed by atoms with Gasteiger partial charge in [0.05, 0.1) is 4.92 Å². The van der Waals surface area contributed by atoms with Crippen LogP contribution in [-0.4, -0.2) is 15.4 Å². The maximum absolute atomic E-state index is 12.1. The molecule has 0 fully saturated rings. The predicted octanol–water partition coefficient (Wildman–Crippen LogP) is 3.19. The summed E-state index contributed by atoms with van der Waals surface area (Å²) in [7, 11) is 0. The molecular weight excluding hydrogens is 282 g/mol. The smallest absolute Gasteiger partial charge is 0.271 e. The summed E-state index contributed by atoms with van der Waals surface area (Å²) < 4.78 is 1.84. The number of rotatable bonds is 4. The van der Waals surface area contributed by atoms with Crippen molar-refractivity contribution in [3.05, 3.63) is 70.9 Å². The molecular formula is C16H13N3O3. The minimum atomic E-state index is -0.491. The maximum atomic E-state index is 12.1. The van der Waals surface area contributed by atoms with Crippen LogP contribution in [-0.2, 0) is 11.3 Å². The summed E-state index contributed by atoms with van der Waals surface area (Å²) in [4.78, 5) is 22.3. The van der Waals surface area contributed by atoms with Crippen LogP contribution in [0.1, 0.15) is 0 Å². The second kappa shape index (κ2) is 5.69. The number of fused-ring (bicyclic) bond motifs is 1. The molecule has 1 N–H and O–H groups in total. The Hall–Kier alpha value is -3.15. The number of aromatic nitrogens is 1. The Kier molecular flexibility index (Phi) is 3.57. The average molecular weight is 295 g/mol. The topological polar surface area (TPSA) is 77.2 Å². The highest BCUT2D eigenvalue weighted by atomic mass is 16.6. The van der Waals surface area contributed by atoms with Crippen molar-refractivity contribution in [2.45, 2.75) is 6.54 Å². The Morgan fingerprint density at radius 1 is 1.14 bits per heavy atom. The van der Waals surface area contributed by atoms with Crippen LogP contribution in [0.2, 0.25) is 0 Å². The molecule has 3 aromatic rings. The van der Waals surface area contributed by atoms with Crippen LogP contribution in [0, 0.1) is 10.1 Å². The molecule has 3 rings (SSSR count). The van der Waals surface area contributed by atoms with Gasteiger partial charge in [0.1, 0.15) is 6.54 Å². The van der Waals surface area contributed by atoms with Gasteiger partial charge in [-0.3, -0.25) is 14.9 Å². The number of carbonyl (C=O) groups excluding carboxylic acids is 1. The minimum absolute atomic E-state index is 0.0517. The predicted molar refractivity (Wildman–Crippen MR) is 83.7 cm³/mol. The lowest BCUT2D eigenvalue weighted by atomic mass is 10.2. The summed E-state index contributed by atoms with van der Waals surface area (Å²) in [6, 6.07) is 15.6. The largest absolute Gasteiger partial charge is 0.338 e. The fourth-order valence-corrected chi connectivity index (χ4v) is 2.33. The van der Waals surface area contributed by atoms with Crippen LogP contribution in [0.3, 0.4) is 0 Å². The van der Waals surface area contributed by atoms with Crippen molar-refractivity contribution in [2.75, 3.05) is 5.32 Å². The van der Waals surface area contributed by atoms with E-state index < -0.39 is 4.92 Å². The number of nitro benzene ring substituents is 1. The van der Waals surface area contributed by atoms with Crippen molar-refractivity contribution < 1.29 is 9.72 Å². The third kappa shape index (κ3) is 2.80. The number of nitrogens with one attached hydrogen (secondary N) is 1. The van der Waals surface area contributed by atoms with Crippen LogP contribution >= 0.6 is 0 Å². The zero-order valence-electron chi connectivity index (χ0n) is 11.6. The molecule has 0 aliphatic rings. The van der Waals surface area contributed by atoms with Crippen molar-refractivity contribution >= 4 is 28.2 Å². The first-order chi connectivity index (χ1) is 10.6. The summed E-state index contributed by atoms with van der Waals surface area (Å²) in [5.74, 6) is -0.234. The first-order valence-corrected chi connectivity index (χ1v) is 6.72. The number of carbonyl (C=O) groups is 1. The standard InChI is InChI=1S/C16H13N3O3/c20-16(17-13-5-3-6-14(10-13)19(21)22)11-18-9-8-12-4-1-2-7-15(12)18/h1-10H,11H2,(H,17,20). The van der Waals surface area contributed by atoms with Crippen LogP contribution in [0.15, 0.2) is 60.8 Å². The van der Waals surface area contributed by atoms with Gasteiger partial charge in [-0.1, -0.05) is 24.3 Å². The van der Waals surface area contributed by atoms with Crippen molar-refractivity contribution in [3.63, 3.8) is 0 Å². The molecule has 0 spiro atoms. The Bertz CT molecular complexity index is 854. The summed E-state index contributed by atoms with van der Waals surface area (Å²) >= 11 is 0. The van der Waals surface area contributed by atoms with Gasteiger partial charge >= 0.3 is 0 Å². The maximum Gasteiger partial charge on any atom is 0.271 e. The number of hydrogen-bond donors (Lipinski definition) is 1. The van der Waals surface area contributed by atoms with E-state index in [9.17, 15) is 14.9 Å². The third-order valence-electron chi connectivity index (χ3n) is 3.33. The zero-order valence-corrected chi connectivity index (χ0v) is 11.6. The van der Waals surface area contributed by atoms with Crippen molar-refractivity contribution in [1.82, 2.24) is 4.57 Å². The Labute approximate surface area is 126 Å². The molecule has 6 heteroatoms. The van der Waals surface area contributed by atoms with Crippen molar-refractivity contribution in [2.24, 2.45) is 0 Å². The van der Waals surface area contributed by atoms with Gasteiger partial charge in [0.15, 0.2) is 0 Å². The molecule has 0 bridgehead atoms. The van der Waals surface area contributed by atoms with Crippen molar-refractivity contribution in [3.8, 4) is 0 Å². The van der Waals surface area contributed by atoms with Gasteiger partial charge in [0.2, 0.25) is 5.91 Å². The number of amides is 1. The molecule has 0 saturated heterocycles. The van der Waals surface area contributed by atoms with E-state index in [0.717, 1.165) is 10.9 Å². The highest BCUT2D eigenvalue weighted by molar-refractivity contribution is 5.92. The number of para-hydroxylation sites is 1. The fraction of sp³-hybridized carbons (Fsp3) is 0.0625. The quantitative estimate of drug-likeness (QED) is 0.593. The number of nitrogens with zero attached hydrogens (tertiary/aromatic N) is 2. The Balaban J connectivity index is 1.75. The van der Waals surface area contributed by atoms with Gasteiger partial charge < -0.3 is 9.88 Å². The van der Waals surface area contributed by atoms with Crippen molar-refractivity contribution in [1.29, 1.82) is 0 Å². The van der Waals surface area contributed by atoms with E-state index in [2.05, 4.69) is 5.32 Å². The van der Waals surface area contributed by atoms with Gasteiger partial charge in [-0.15, -0.1) is 0 Å². The molecule has 1 amide bonds. The summed E-state index contributed by atoms with van der Waals surface area (Å²) in [5, 5.41) is 14.5. The lowest BCUT2D eigenvalue weighted by Crippen LogP contribution is -2.18. The van der Waals surface area contributed by atoms with Gasteiger partial charge in [-0.05, 0) is 23.6 Å². The highest BCUT2D eigenvalue weighted by Crippen LogP contribution is 2.18. The molecule has 0 saturated carbocycles. The van der Waals surface area contributed by atoms with Gasteiger partial charge in [0, 0.05) is 29.5 Å². The van der Waals surface area contributed by atoms with Gasteiger partial charge in [-0.25, -0.2) is 0 Å². The lowest BCUT2D eigenvalue weighted by Gasteiger charge is -2.07. The van der Waals surface area contributed by atoms with E-state index in [1.54, 1.807) is 12.1 Å². The summed E-state index contributed by atoms with van der Waals surface area (Å²) in [5.41, 5.74) is 1.33. The number of anilines is 1. The fourth-order valence-electron chi connectivity index (χ4n) is 2.33. The van der Waals surface area contributed by atoms with Crippen LogP contribution < -0.4 is 5.32 Å². The number of benzene rings is 2. The molecule has 0 atom stereocenters. The molecule has 0 aliphatic carbocycles. The third-order valence-corrected chi connectivity index (χ3v) is 3.33. The molecule has 1 aromatic heterocycles. The Morgan fingerprint density at radius 3 is 2.77 bits per heavy atom. The molecule has 2 aromatic carbocycles. The van der Waals surface area contributed by atoms with Gasteiger partial charge in [-0.2, -0.15) is 0 Å². The second-order valence-corrected chi connectivity index (χ2v) is 4.86. The summed E-state index contributed by atoms with van der Waals surface area (Å²) in [6.45, 7) is 0.149. The summed E-state index contributed by atoms with van der Waals surface area (Å²) in [6.07, 6.45) is 1.84. The Morgan fingerprint density at radius 2 is 1.95 bits per heavy atom. The van der Waals surface area contributed by atoms with E-state index in [0.29, 0.717) is 5.69 Å². The molecule has 0 unspecified atom stereocenters.